The van der Waals surface area contributed by atoms with Crippen molar-refractivity contribution < 1.29 is 18.8 Å². The molecule has 0 bridgehead atoms. The average Bonchev–Trinajstić information content (AvgIpc) is 2.65. The molecule has 28 heavy (non-hydrogen) atoms. The molecule has 0 aliphatic rings. The summed E-state index contributed by atoms with van der Waals surface area (Å²) in [4.78, 5) is 4.90. The molecule has 0 spiro atoms. The Morgan fingerprint density at radius 2 is 1.50 bits per heavy atom. The number of nitrogens with zero attached hydrogens (tertiary/aromatic N) is 1. The van der Waals surface area contributed by atoms with Gasteiger partial charge in [-0.1, -0.05) is 86.6 Å². The maximum Gasteiger partial charge on any atom is 0.321 e. The Balaban J connectivity index is 2.68. The molecule has 2 aromatic carbocycles. The first-order valence-corrected chi connectivity index (χ1v) is 11.4. The summed E-state index contributed by atoms with van der Waals surface area (Å²) in [5.41, 5.74) is 0. The number of hydrogen-bond acceptors (Lipinski definition) is 4. The zero-order chi connectivity index (χ0) is 20.8. The van der Waals surface area contributed by atoms with Gasteiger partial charge in [0.25, 0.3) is 0 Å². The molecule has 0 saturated carbocycles. The van der Waals surface area contributed by atoms with E-state index in [0.29, 0.717) is 0 Å². The van der Waals surface area contributed by atoms with Gasteiger partial charge in [-0.25, -0.2) is 4.39 Å². The summed E-state index contributed by atoms with van der Waals surface area (Å²) in [6.45, 7) is 7.85. The maximum atomic E-state index is 15.0. The highest BCUT2D eigenvalue weighted by atomic mass is 28.4. The molecule has 6 heteroatoms. The summed E-state index contributed by atoms with van der Waals surface area (Å²) in [5.74, 6) is -0.127. The highest BCUT2D eigenvalue weighted by Gasteiger charge is 2.53. The Bertz CT molecular complexity index is 721. The first kappa shape index (κ1) is 22.1. The summed E-state index contributed by atoms with van der Waals surface area (Å²) in [6.07, 6.45) is -2.50. The molecule has 0 aromatic heterocycles. The molecular weight excluding hydrogens is 373 g/mol. The lowest BCUT2D eigenvalue weighted by Crippen LogP contribution is -2.67. The second kappa shape index (κ2) is 9.34. The molecule has 0 aliphatic heterocycles. The van der Waals surface area contributed by atoms with E-state index in [0.717, 1.165) is 10.4 Å². The van der Waals surface area contributed by atoms with Crippen LogP contribution in [-0.4, -0.2) is 38.7 Å². The van der Waals surface area contributed by atoms with Crippen molar-refractivity contribution in [3.63, 3.8) is 0 Å². The molecule has 0 amide bonds. The molecule has 2 rings (SSSR count). The fourth-order valence-corrected chi connectivity index (χ4v) is 7.85. The molecule has 4 nitrogen and oxygen atoms in total. The monoisotopic (exact) mass is 403 g/mol. The van der Waals surface area contributed by atoms with Gasteiger partial charge >= 0.3 is 8.32 Å². The van der Waals surface area contributed by atoms with Crippen LogP contribution in [-0.2, 0) is 9.26 Å². The van der Waals surface area contributed by atoms with Crippen LogP contribution in [0, 0.1) is 0 Å². The van der Waals surface area contributed by atoms with E-state index >= 15 is 0 Å². The van der Waals surface area contributed by atoms with Crippen molar-refractivity contribution in [3.8, 4) is 0 Å². The van der Waals surface area contributed by atoms with Crippen molar-refractivity contribution in [2.24, 2.45) is 5.16 Å². The van der Waals surface area contributed by atoms with Gasteiger partial charge in [0.2, 0.25) is 5.90 Å². The fraction of sp³-hybridized carbons (Fsp3) is 0.409. The summed E-state index contributed by atoms with van der Waals surface area (Å²) in [6, 6.07) is 19.9. The molecule has 0 fully saturated rings. The molecule has 2 aromatic rings. The molecule has 152 valence electrons. The second-order valence-electron chi connectivity index (χ2n) is 7.93. The van der Waals surface area contributed by atoms with E-state index in [4.69, 9.17) is 9.26 Å². The van der Waals surface area contributed by atoms with Crippen molar-refractivity contribution in [2.75, 3.05) is 7.11 Å². The maximum absolute atomic E-state index is 15.0. The third-order valence-corrected chi connectivity index (χ3v) is 9.59. The lowest BCUT2D eigenvalue weighted by atomic mass is 10.2. The Kier molecular flexibility index (Phi) is 7.38. The quantitative estimate of drug-likeness (QED) is 0.332. The fourth-order valence-electron chi connectivity index (χ4n) is 3.44. The predicted octanol–water partition coefficient (Wildman–Crippen LogP) is 3.63. The first-order chi connectivity index (χ1) is 13.2. The third kappa shape index (κ3) is 4.80. The summed E-state index contributed by atoms with van der Waals surface area (Å²) in [5, 5.41) is 15.2. The predicted molar refractivity (Wildman–Crippen MR) is 114 cm³/mol. The minimum atomic E-state index is -3.00. The molecular formula is C22H30FNO3Si. The number of aliphatic hydroxyl groups is 1. The molecule has 0 aliphatic carbocycles. The number of alkyl halides is 1. The average molecular weight is 404 g/mol. The van der Waals surface area contributed by atoms with Crippen LogP contribution in [0.4, 0.5) is 4.39 Å². The minimum absolute atomic E-state index is 0.111. The van der Waals surface area contributed by atoms with Crippen LogP contribution in [0.5, 0.6) is 0 Å². The van der Waals surface area contributed by atoms with Crippen LogP contribution in [0.1, 0.15) is 34.1 Å². The highest BCUT2D eigenvalue weighted by molar-refractivity contribution is 7.00. The van der Waals surface area contributed by atoms with Crippen molar-refractivity contribution >= 4 is 24.6 Å². The molecule has 0 saturated heterocycles. The summed E-state index contributed by atoms with van der Waals surface area (Å²) >= 11 is 0. The van der Waals surface area contributed by atoms with E-state index in [9.17, 15) is 9.50 Å². The van der Waals surface area contributed by atoms with Crippen LogP contribution in [0.25, 0.3) is 0 Å². The number of rotatable bonds is 7. The van der Waals surface area contributed by atoms with Gasteiger partial charge in [0.15, 0.2) is 6.17 Å². The number of benzene rings is 2. The largest absolute Gasteiger partial charge is 0.520 e. The Morgan fingerprint density at radius 3 is 1.86 bits per heavy atom. The number of hydrogen-bond donors (Lipinski definition) is 1. The van der Waals surface area contributed by atoms with E-state index in [2.05, 4.69) is 25.9 Å². The van der Waals surface area contributed by atoms with Crippen LogP contribution in [0.3, 0.4) is 0 Å². The second-order valence-corrected chi connectivity index (χ2v) is 12.2. The van der Waals surface area contributed by atoms with Crippen LogP contribution >= 0.6 is 0 Å². The molecule has 0 radical (unpaired) electrons. The van der Waals surface area contributed by atoms with E-state index < -0.39 is 20.6 Å². The first-order valence-electron chi connectivity index (χ1n) is 9.45. The Hall–Kier alpha value is -2.18. The molecule has 2 unspecified atom stereocenters. The van der Waals surface area contributed by atoms with Gasteiger partial charge in [-0.2, -0.15) is 0 Å². The number of halogens is 1. The smallest absolute Gasteiger partial charge is 0.321 e. The third-order valence-electron chi connectivity index (χ3n) is 4.67. The lowest BCUT2D eigenvalue weighted by Gasteiger charge is -2.43. The van der Waals surface area contributed by atoms with Crippen molar-refractivity contribution in [2.45, 2.75) is 51.4 Å². The SMILES string of the molecule is CON=C(O[Si](c1ccccc1)(c1ccccc1)C(C)(C)C)C(F)CC(C)O. The summed E-state index contributed by atoms with van der Waals surface area (Å²) in [7, 11) is -1.63. The molecule has 0 heterocycles. The Morgan fingerprint density at radius 1 is 1.04 bits per heavy atom. The van der Waals surface area contributed by atoms with Gasteiger partial charge in [-0.05, 0) is 22.3 Å². The standard InChI is InChI=1S/C22H30FNO3Si/c1-17(25)16-20(23)21(24-26-5)27-28(22(2,3)4,18-12-8-6-9-13-18)19-14-10-7-11-15-19/h6-15,17,20,25H,16H2,1-5H3. The van der Waals surface area contributed by atoms with Gasteiger partial charge in [-0.15, -0.1) is 0 Å². The van der Waals surface area contributed by atoms with Gasteiger partial charge < -0.3 is 14.4 Å². The molecule has 1 N–H and O–H groups in total. The van der Waals surface area contributed by atoms with E-state index in [1.165, 1.54) is 7.11 Å². The van der Waals surface area contributed by atoms with Crippen LogP contribution in [0.2, 0.25) is 5.04 Å². The van der Waals surface area contributed by atoms with Crippen molar-refractivity contribution in [3.05, 3.63) is 60.7 Å². The van der Waals surface area contributed by atoms with Gasteiger partial charge in [0.05, 0.1) is 6.10 Å². The minimum Gasteiger partial charge on any atom is -0.520 e. The highest BCUT2D eigenvalue weighted by Crippen LogP contribution is 2.37. The zero-order valence-electron chi connectivity index (χ0n) is 17.2. The number of oxime groups is 1. The van der Waals surface area contributed by atoms with Gasteiger partial charge in [0.1, 0.15) is 7.11 Å². The van der Waals surface area contributed by atoms with Crippen LogP contribution in [0.15, 0.2) is 65.8 Å². The topological polar surface area (TPSA) is 51.0 Å². The van der Waals surface area contributed by atoms with Gasteiger partial charge in [-0.3, -0.25) is 0 Å². The summed E-state index contributed by atoms with van der Waals surface area (Å²) < 4.78 is 21.5. The van der Waals surface area contributed by atoms with E-state index in [-0.39, 0.29) is 17.4 Å². The van der Waals surface area contributed by atoms with Gasteiger partial charge in [0, 0.05) is 6.42 Å². The molecule has 2 atom stereocenters. The van der Waals surface area contributed by atoms with Crippen molar-refractivity contribution in [1.29, 1.82) is 0 Å². The van der Waals surface area contributed by atoms with Crippen LogP contribution < -0.4 is 10.4 Å². The number of aliphatic hydroxyl groups excluding tert-OH is 1. The zero-order valence-corrected chi connectivity index (χ0v) is 18.2. The normalized spacial score (nSPS) is 15.0. The lowest BCUT2D eigenvalue weighted by molar-refractivity contribution is 0.148. The van der Waals surface area contributed by atoms with Crippen molar-refractivity contribution in [1.82, 2.24) is 0 Å². The Labute approximate surface area is 168 Å². The van der Waals surface area contributed by atoms with E-state index in [1.807, 2.05) is 60.7 Å². The van der Waals surface area contributed by atoms with E-state index in [1.54, 1.807) is 6.92 Å².